The molecule has 6 heterocycles. The van der Waals surface area contributed by atoms with Gasteiger partial charge in [0.1, 0.15) is 0 Å². The van der Waals surface area contributed by atoms with Crippen molar-refractivity contribution in [1.82, 2.24) is 19.9 Å². The van der Waals surface area contributed by atoms with E-state index in [4.69, 9.17) is 20.0 Å². The van der Waals surface area contributed by atoms with Crippen LogP contribution in [0.15, 0.2) is 165 Å². The van der Waals surface area contributed by atoms with Crippen LogP contribution in [0.1, 0.15) is 201 Å². The Labute approximate surface area is 501 Å². The molecule has 0 bridgehead atoms. The molecule has 0 saturated heterocycles. The Kier molecular flexibility index (Phi) is 17.5. The first kappa shape index (κ1) is 58.2. The number of H-pyrrole nitrogens is 4. The molecule has 2 aliphatic carbocycles. The minimum atomic E-state index is -0.369. The molecule has 0 amide bonds. The smallest absolute Gasteiger partial charge is 0.0733 e. The second kappa shape index (κ2) is 25.3. The number of aromatic nitrogens is 4. The number of hydrogen-bond donors (Lipinski definition) is 4. The maximum absolute atomic E-state index is 5.54. The van der Waals surface area contributed by atoms with Gasteiger partial charge < -0.3 is 19.9 Å². The summed E-state index contributed by atoms with van der Waals surface area (Å²) < 4.78 is 0. The molecule has 2 aliphatic heterocycles. The molecule has 4 N–H and O–H groups in total. The number of aromatic amines is 4. The van der Waals surface area contributed by atoms with Crippen molar-refractivity contribution in [2.24, 2.45) is 31.8 Å². The van der Waals surface area contributed by atoms with E-state index in [2.05, 4.69) is 235 Å². The second-order valence-electron chi connectivity index (χ2n) is 25.3. The number of hydrogen-bond acceptors (Lipinski definition) is 4. The molecule has 4 aliphatic rings. The standard InChI is InChI=1S/C76H90N8/c1-11-59-61(13-3)73(69(53-32-23-17-24-33-53)63-40-44-67(81-63)75(7,8)65-42-38-57(79-65)47-77-49(5)51-28-19-15-20-29-51)83-71(59)55-36-27-37-56(46-55)72-60(12-2)62(14-4)74(84-72)70(54-34-25-18-26-35-54)64-41-45-68(82-64)76(9,10)66-43-39-58(80-66)48-78-50(6)52-30-21-16-22-31-52/h17-18,23-27,32-52,79-80,83-84H,11-16,19-22,28-31H2,1-10H3/b69-63+,70-64+,77-47?,78-48?/t49-,50-/m1/s1. The van der Waals surface area contributed by atoms with Crippen molar-refractivity contribution in [2.75, 3.05) is 0 Å². The van der Waals surface area contributed by atoms with Gasteiger partial charge in [-0.3, -0.25) is 20.0 Å². The number of benzene rings is 3. The summed E-state index contributed by atoms with van der Waals surface area (Å²) in [6, 6.07) is 40.3. The van der Waals surface area contributed by atoms with Crippen molar-refractivity contribution in [3.8, 4) is 22.5 Å². The van der Waals surface area contributed by atoms with Gasteiger partial charge in [-0.1, -0.05) is 145 Å². The topological polar surface area (TPSA) is 113 Å². The number of nitrogens with zero attached hydrogens (tertiary/aromatic N) is 4. The van der Waals surface area contributed by atoms with E-state index < -0.39 is 0 Å². The Morgan fingerprint density at radius 2 is 0.869 bits per heavy atom. The van der Waals surface area contributed by atoms with Crippen LogP contribution in [0.5, 0.6) is 0 Å². The first-order chi connectivity index (χ1) is 40.8. The van der Waals surface area contributed by atoms with Crippen molar-refractivity contribution < 1.29 is 0 Å². The lowest BCUT2D eigenvalue weighted by molar-refractivity contribution is 0.318. The maximum atomic E-state index is 5.54. The molecule has 3 aromatic carbocycles. The van der Waals surface area contributed by atoms with Gasteiger partial charge in [-0.25, -0.2) is 0 Å². The van der Waals surface area contributed by atoms with E-state index in [0.717, 1.165) is 116 Å². The highest BCUT2D eigenvalue weighted by Gasteiger charge is 2.34. The molecular weight excluding hydrogens is 1020 g/mol. The average molecular weight is 1120 g/mol. The van der Waals surface area contributed by atoms with E-state index >= 15 is 0 Å². The van der Waals surface area contributed by atoms with E-state index in [1.807, 2.05) is 0 Å². The molecule has 2 saturated carbocycles. The third kappa shape index (κ3) is 11.8. The monoisotopic (exact) mass is 1110 g/mol. The Morgan fingerprint density at radius 3 is 1.25 bits per heavy atom. The zero-order valence-electron chi connectivity index (χ0n) is 51.9. The summed E-state index contributed by atoms with van der Waals surface area (Å²) in [6.45, 7) is 22.8. The van der Waals surface area contributed by atoms with Gasteiger partial charge in [0.05, 0.1) is 57.7 Å². The summed E-state index contributed by atoms with van der Waals surface area (Å²) in [4.78, 5) is 36.8. The van der Waals surface area contributed by atoms with Gasteiger partial charge in [0.25, 0.3) is 0 Å². The van der Waals surface area contributed by atoms with Gasteiger partial charge in [0.15, 0.2) is 0 Å². The maximum Gasteiger partial charge on any atom is 0.0733 e. The molecule has 2 atom stereocenters. The SMILES string of the molecule is CCc1c(/C(=C2\C=CC(C(C)(C)c3ccc(C=N[C@H](C)C4CCCCC4)[nH]3)=N2)c2ccccc2)[nH]c(-c2cccc(-c3[nH]c(/C(=C4\C=CC(C(C)(C)c5ccc(C=N[C@H](C)C6CCCCC6)[nH]5)=N4)c4ccccc4)c(CC)c3CC)c2)c1CC. The molecule has 434 valence electrons. The molecule has 0 radical (unpaired) electrons. The molecule has 0 spiro atoms. The average Bonchev–Trinajstić information content (AvgIpc) is 4.28. The van der Waals surface area contributed by atoms with Crippen LogP contribution in [0, 0.1) is 11.8 Å². The van der Waals surface area contributed by atoms with Crippen LogP contribution in [0.25, 0.3) is 33.7 Å². The molecule has 7 aromatic rings. The first-order valence-electron chi connectivity index (χ1n) is 32.0. The van der Waals surface area contributed by atoms with Gasteiger partial charge in [0, 0.05) is 57.2 Å². The lowest BCUT2D eigenvalue weighted by atomic mass is 9.84. The molecule has 2 fully saturated rings. The van der Waals surface area contributed by atoms with E-state index in [-0.39, 0.29) is 10.8 Å². The Morgan fingerprint density at radius 1 is 0.476 bits per heavy atom. The van der Waals surface area contributed by atoms with Gasteiger partial charge in [0.2, 0.25) is 0 Å². The molecule has 84 heavy (non-hydrogen) atoms. The normalized spacial score (nSPS) is 18.4. The summed E-state index contributed by atoms with van der Waals surface area (Å²) in [5, 5.41) is 0. The summed E-state index contributed by atoms with van der Waals surface area (Å²) in [5.74, 6) is 1.37. The summed E-state index contributed by atoms with van der Waals surface area (Å²) >= 11 is 0. The van der Waals surface area contributed by atoms with E-state index in [1.165, 1.54) is 97.6 Å². The van der Waals surface area contributed by atoms with Gasteiger partial charge in [-0.05, 0) is 204 Å². The highest BCUT2D eigenvalue weighted by molar-refractivity contribution is 6.08. The fourth-order valence-electron chi connectivity index (χ4n) is 14.1. The summed E-state index contributed by atoms with van der Waals surface area (Å²) in [6.07, 6.45) is 29.7. The molecule has 0 unspecified atom stereocenters. The highest BCUT2D eigenvalue weighted by Crippen LogP contribution is 2.43. The molecule has 4 aromatic heterocycles. The van der Waals surface area contributed by atoms with Crippen molar-refractivity contribution in [2.45, 2.75) is 182 Å². The summed E-state index contributed by atoms with van der Waals surface area (Å²) in [7, 11) is 0. The molecule has 8 nitrogen and oxygen atoms in total. The fraction of sp³-hybridized carbons (Fsp3) is 0.395. The third-order valence-electron chi connectivity index (χ3n) is 19.3. The van der Waals surface area contributed by atoms with Crippen LogP contribution in [0.4, 0.5) is 0 Å². The van der Waals surface area contributed by atoms with Gasteiger partial charge >= 0.3 is 0 Å². The van der Waals surface area contributed by atoms with Crippen molar-refractivity contribution in [1.29, 1.82) is 0 Å². The van der Waals surface area contributed by atoms with Crippen molar-refractivity contribution >= 4 is 35.0 Å². The van der Waals surface area contributed by atoms with Gasteiger partial charge in [-0.15, -0.1) is 0 Å². The minimum Gasteiger partial charge on any atom is -0.357 e. The Balaban J connectivity index is 0.933. The zero-order chi connectivity index (χ0) is 58.5. The quantitative estimate of drug-likeness (QED) is 0.0545. The van der Waals surface area contributed by atoms with Crippen LogP contribution < -0.4 is 0 Å². The second-order valence-corrected chi connectivity index (χ2v) is 25.3. The Bertz CT molecular complexity index is 3460. The van der Waals surface area contributed by atoms with Crippen LogP contribution in [-0.4, -0.2) is 55.9 Å². The zero-order valence-corrected chi connectivity index (χ0v) is 51.9. The van der Waals surface area contributed by atoms with Crippen LogP contribution in [0.2, 0.25) is 0 Å². The van der Waals surface area contributed by atoms with Crippen molar-refractivity contribution in [3.63, 3.8) is 0 Å². The predicted molar refractivity (Wildman–Crippen MR) is 357 cm³/mol. The van der Waals surface area contributed by atoms with Crippen LogP contribution in [0.3, 0.4) is 0 Å². The number of aliphatic imine (C=N–C) groups is 4. The number of nitrogens with one attached hydrogen (secondary N) is 4. The third-order valence-corrected chi connectivity index (χ3v) is 19.3. The van der Waals surface area contributed by atoms with Crippen LogP contribution in [-0.2, 0) is 36.5 Å². The van der Waals surface area contributed by atoms with Crippen LogP contribution >= 0.6 is 0 Å². The van der Waals surface area contributed by atoms with E-state index in [9.17, 15) is 0 Å². The lowest BCUT2D eigenvalue weighted by Gasteiger charge is -2.24. The highest BCUT2D eigenvalue weighted by atomic mass is 14.9. The largest absolute Gasteiger partial charge is 0.357 e. The lowest BCUT2D eigenvalue weighted by Crippen LogP contribution is -2.27. The predicted octanol–water partition coefficient (Wildman–Crippen LogP) is 18.9. The van der Waals surface area contributed by atoms with E-state index in [0.29, 0.717) is 23.9 Å². The number of allylic oxidation sites excluding steroid dienone is 4. The van der Waals surface area contributed by atoms with Gasteiger partial charge in [-0.2, -0.15) is 0 Å². The number of rotatable bonds is 20. The summed E-state index contributed by atoms with van der Waals surface area (Å²) in [5.41, 5.74) is 24.4. The minimum absolute atomic E-state index is 0.335. The molecular formula is C76H90N8. The Hall–Kier alpha value is -7.58. The fourth-order valence-corrected chi connectivity index (χ4v) is 14.1. The molecule has 8 heteroatoms. The van der Waals surface area contributed by atoms with E-state index in [1.54, 1.807) is 0 Å². The first-order valence-corrected chi connectivity index (χ1v) is 32.0. The molecule has 11 rings (SSSR count). The van der Waals surface area contributed by atoms with Crippen molar-refractivity contribution in [3.05, 3.63) is 212 Å².